The molecule has 1 aliphatic rings. The minimum absolute atomic E-state index is 1.11. The molecule has 178 valence electrons. The van der Waals surface area contributed by atoms with Crippen LogP contribution in [-0.4, -0.2) is 0 Å². The highest BCUT2D eigenvalue weighted by molar-refractivity contribution is 6.14. The van der Waals surface area contributed by atoms with Gasteiger partial charge in [0.1, 0.15) is 0 Å². The summed E-state index contributed by atoms with van der Waals surface area (Å²) in [4.78, 5) is 0. The molecular weight excluding hydrogens is 456 g/mol. The maximum absolute atomic E-state index is 2.43. The van der Waals surface area contributed by atoms with Crippen LogP contribution in [0.15, 0.2) is 127 Å². The molecule has 0 aromatic heterocycles. The Morgan fingerprint density at radius 1 is 0.421 bits per heavy atom. The summed E-state index contributed by atoms with van der Waals surface area (Å²) in [5.41, 5.74) is 8.01. The molecule has 0 heterocycles. The molecule has 7 aromatic carbocycles. The maximum Gasteiger partial charge on any atom is -0.00988 e. The van der Waals surface area contributed by atoms with Crippen LogP contribution >= 0.6 is 0 Å². The number of hydrogen-bond donors (Lipinski definition) is 0. The second-order valence-electron chi connectivity index (χ2n) is 10.5. The predicted octanol–water partition coefficient (Wildman–Crippen LogP) is 10.6. The Kier molecular flexibility index (Phi) is 4.75. The molecule has 8 rings (SSSR count). The first-order valence-corrected chi connectivity index (χ1v) is 13.5. The molecule has 0 atom stereocenters. The van der Waals surface area contributed by atoms with Gasteiger partial charge < -0.3 is 0 Å². The number of hydrogen-bond acceptors (Lipinski definition) is 0. The fraction of sp³-hybridized carbons (Fsp3) is 0.0526. The third-order valence-corrected chi connectivity index (χ3v) is 8.27. The Hall–Kier alpha value is -4.68. The molecule has 38 heavy (non-hydrogen) atoms. The second-order valence-corrected chi connectivity index (χ2v) is 10.5. The van der Waals surface area contributed by atoms with Gasteiger partial charge in [0, 0.05) is 0 Å². The first-order valence-electron chi connectivity index (χ1n) is 13.5. The van der Waals surface area contributed by atoms with Crippen LogP contribution in [0.1, 0.15) is 17.5 Å². The lowest BCUT2D eigenvalue weighted by molar-refractivity contribution is 0.990. The van der Waals surface area contributed by atoms with E-state index in [2.05, 4.69) is 133 Å². The van der Waals surface area contributed by atoms with Crippen molar-refractivity contribution in [1.82, 2.24) is 0 Å². The molecule has 0 spiro atoms. The zero-order chi connectivity index (χ0) is 25.1. The molecule has 0 saturated carbocycles. The molecule has 0 heteroatoms. The first kappa shape index (κ1) is 21.4. The van der Waals surface area contributed by atoms with Crippen molar-refractivity contribution >= 4 is 49.2 Å². The highest BCUT2D eigenvalue weighted by atomic mass is 14.2. The Balaban J connectivity index is 1.34. The highest BCUT2D eigenvalue weighted by Crippen LogP contribution is 2.39. The minimum atomic E-state index is 1.11. The molecule has 7 aromatic rings. The summed E-state index contributed by atoms with van der Waals surface area (Å²) in [6.45, 7) is 0. The van der Waals surface area contributed by atoms with Gasteiger partial charge in [-0.05, 0) is 114 Å². The van der Waals surface area contributed by atoms with E-state index in [1.54, 1.807) is 0 Å². The fourth-order valence-electron chi connectivity index (χ4n) is 6.41. The van der Waals surface area contributed by atoms with Crippen LogP contribution in [0, 0.1) is 0 Å². The van der Waals surface area contributed by atoms with Crippen molar-refractivity contribution in [1.29, 1.82) is 0 Å². The van der Waals surface area contributed by atoms with Crippen molar-refractivity contribution in [3.63, 3.8) is 0 Å². The van der Waals surface area contributed by atoms with E-state index in [1.165, 1.54) is 76.5 Å². The lowest BCUT2D eigenvalue weighted by Crippen LogP contribution is -1.97. The van der Waals surface area contributed by atoms with Crippen molar-refractivity contribution in [3.05, 3.63) is 139 Å². The van der Waals surface area contributed by atoms with E-state index in [0.29, 0.717) is 0 Å². The molecule has 0 fully saturated rings. The van der Waals surface area contributed by atoms with Crippen LogP contribution in [0.3, 0.4) is 0 Å². The quantitative estimate of drug-likeness (QED) is 0.215. The normalized spacial score (nSPS) is 12.9. The van der Waals surface area contributed by atoms with Crippen LogP contribution < -0.4 is 0 Å². The van der Waals surface area contributed by atoms with E-state index in [1.807, 2.05) is 0 Å². The lowest BCUT2D eigenvalue weighted by Gasteiger charge is -2.18. The third kappa shape index (κ3) is 3.31. The minimum Gasteiger partial charge on any atom is -0.0836 e. The van der Waals surface area contributed by atoms with Gasteiger partial charge in [-0.3, -0.25) is 0 Å². The largest absolute Gasteiger partial charge is 0.0836 e. The summed E-state index contributed by atoms with van der Waals surface area (Å²) in [6, 6.07) is 45.0. The van der Waals surface area contributed by atoms with Gasteiger partial charge in [-0.1, -0.05) is 109 Å². The molecular formula is C38H26. The summed E-state index contributed by atoms with van der Waals surface area (Å²) < 4.78 is 0. The van der Waals surface area contributed by atoms with Gasteiger partial charge in [-0.25, -0.2) is 0 Å². The van der Waals surface area contributed by atoms with Gasteiger partial charge in [-0.15, -0.1) is 0 Å². The molecule has 0 bridgehead atoms. The maximum atomic E-state index is 2.43. The molecule has 0 aliphatic heterocycles. The summed E-state index contributed by atoms with van der Waals surface area (Å²) in [5, 5.41) is 10.4. The number of benzene rings is 7. The molecule has 0 unspecified atom stereocenters. The van der Waals surface area contributed by atoms with Crippen molar-refractivity contribution in [3.8, 4) is 22.3 Å². The Morgan fingerprint density at radius 3 is 1.79 bits per heavy atom. The van der Waals surface area contributed by atoms with Crippen LogP contribution in [0.25, 0.3) is 71.4 Å². The van der Waals surface area contributed by atoms with Crippen LogP contribution in [-0.2, 0) is 6.42 Å². The van der Waals surface area contributed by atoms with Crippen LogP contribution in [0.5, 0.6) is 0 Å². The van der Waals surface area contributed by atoms with Crippen molar-refractivity contribution in [2.75, 3.05) is 0 Å². The van der Waals surface area contributed by atoms with Crippen molar-refractivity contribution in [2.24, 2.45) is 0 Å². The third-order valence-electron chi connectivity index (χ3n) is 8.27. The van der Waals surface area contributed by atoms with E-state index in [9.17, 15) is 0 Å². The van der Waals surface area contributed by atoms with Crippen molar-refractivity contribution < 1.29 is 0 Å². The Bertz CT molecular complexity index is 2070. The van der Waals surface area contributed by atoms with Crippen molar-refractivity contribution in [2.45, 2.75) is 12.8 Å². The van der Waals surface area contributed by atoms with Gasteiger partial charge in [0.15, 0.2) is 0 Å². The smallest absolute Gasteiger partial charge is 0.00988 e. The van der Waals surface area contributed by atoms with Gasteiger partial charge in [-0.2, -0.15) is 0 Å². The number of rotatable bonds is 2. The zero-order valence-electron chi connectivity index (χ0n) is 21.1. The first-order chi connectivity index (χ1) is 18.8. The summed E-state index contributed by atoms with van der Waals surface area (Å²) >= 11 is 0. The predicted molar refractivity (Wildman–Crippen MR) is 165 cm³/mol. The van der Waals surface area contributed by atoms with Gasteiger partial charge in [0.05, 0.1) is 0 Å². The zero-order valence-corrected chi connectivity index (χ0v) is 21.1. The monoisotopic (exact) mass is 482 g/mol. The van der Waals surface area contributed by atoms with E-state index < -0.39 is 0 Å². The van der Waals surface area contributed by atoms with Crippen LogP contribution in [0.4, 0.5) is 0 Å². The second kappa shape index (κ2) is 8.43. The van der Waals surface area contributed by atoms with Gasteiger partial charge >= 0.3 is 0 Å². The average molecular weight is 483 g/mol. The topological polar surface area (TPSA) is 0 Å². The van der Waals surface area contributed by atoms with E-state index in [0.717, 1.165) is 12.8 Å². The molecule has 0 N–H and O–H groups in total. The fourth-order valence-corrected chi connectivity index (χ4v) is 6.41. The summed E-state index contributed by atoms with van der Waals surface area (Å²) in [7, 11) is 0. The standard InChI is InChI=1S/C38H26/c1-3-11-31-26(9-1)23-37(35-15-7-5-13-33(31)35)28-19-17-25-18-20-29(22-30(25)21-28)38-24-27-10-2-4-12-32(27)34-14-6-8-16-36(34)38/h1,3-9,11-24H,2,10H2. The molecule has 0 saturated heterocycles. The highest BCUT2D eigenvalue weighted by Gasteiger charge is 2.14. The Morgan fingerprint density at radius 2 is 1.03 bits per heavy atom. The average Bonchev–Trinajstić information content (AvgIpc) is 2.99. The van der Waals surface area contributed by atoms with E-state index in [4.69, 9.17) is 0 Å². The Labute approximate surface area is 222 Å². The molecule has 0 amide bonds. The van der Waals surface area contributed by atoms with Gasteiger partial charge in [0.2, 0.25) is 0 Å². The van der Waals surface area contributed by atoms with E-state index >= 15 is 0 Å². The summed E-state index contributed by atoms with van der Waals surface area (Å²) in [5.74, 6) is 0. The SMILES string of the molecule is C1=Cc2c(cc(-c3ccc4ccc(-c5cc6ccccc6c6ccccc56)cc4c3)c3ccccc23)CC1. The molecule has 0 radical (unpaired) electrons. The van der Waals surface area contributed by atoms with E-state index in [-0.39, 0.29) is 0 Å². The van der Waals surface area contributed by atoms with Crippen LogP contribution in [0.2, 0.25) is 0 Å². The lowest BCUT2D eigenvalue weighted by atomic mass is 9.86. The van der Waals surface area contributed by atoms with Gasteiger partial charge in [0.25, 0.3) is 0 Å². The summed E-state index contributed by atoms with van der Waals surface area (Å²) in [6.07, 6.45) is 6.84. The molecule has 1 aliphatic carbocycles. The molecule has 0 nitrogen and oxygen atoms in total. The number of fused-ring (bicyclic) bond motifs is 7. The number of allylic oxidation sites excluding steroid dienone is 1. The number of aryl methyl sites for hydroxylation is 1.